The number of carbonyl (C=O) groups is 2. The second-order valence-electron chi connectivity index (χ2n) is 4.04. The maximum atomic E-state index is 10.8. The lowest BCUT2D eigenvalue weighted by Gasteiger charge is -1.98. The van der Waals surface area contributed by atoms with Gasteiger partial charge in [-0.3, -0.25) is 4.99 Å². The van der Waals surface area contributed by atoms with Crippen LogP contribution in [0.3, 0.4) is 0 Å². The van der Waals surface area contributed by atoms with Crippen LogP contribution in [0, 0.1) is 0 Å². The summed E-state index contributed by atoms with van der Waals surface area (Å²) in [5.41, 5.74) is 1.45. The molecule has 0 amide bonds. The van der Waals surface area contributed by atoms with Crippen molar-refractivity contribution < 1.29 is 19.8 Å². The Morgan fingerprint density at radius 3 is 2.15 bits per heavy atom. The quantitative estimate of drug-likeness (QED) is 0.835. The topological polar surface area (TPSA) is 87.0 Å². The highest BCUT2D eigenvalue weighted by Crippen LogP contribution is 2.14. The van der Waals surface area contributed by atoms with E-state index in [9.17, 15) is 9.59 Å². The van der Waals surface area contributed by atoms with Crippen LogP contribution in [0.2, 0.25) is 0 Å². The average Bonchev–Trinajstić information content (AvgIpc) is 2.45. The Morgan fingerprint density at radius 1 is 0.900 bits per heavy atom. The fourth-order valence-corrected chi connectivity index (χ4v) is 1.62. The summed E-state index contributed by atoms with van der Waals surface area (Å²) in [4.78, 5) is 25.8. The first-order valence-corrected chi connectivity index (χ1v) is 5.77. The number of carboxylic acid groups (broad SMARTS) is 2. The average molecular weight is 269 g/mol. The molecule has 0 heterocycles. The van der Waals surface area contributed by atoms with Gasteiger partial charge in [0.2, 0.25) is 0 Å². The van der Waals surface area contributed by atoms with E-state index in [1.54, 1.807) is 24.3 Å². The summed E-state index contributed by atoms with van der Waals surface area (Å²) in [5, 5.41) is 17.8. The van der Waals surface area contributed by atoms with E-state index >= 15 is 0 Å². The molecule has 0 spiro atoms. The molecule has 0 fully saturated rings. The van der Waals surface area contributed by atoms with Gasteiger partial charge in [-0.25, -0.2) is 9.59 Å². The zero-order valence-corrected chi connectivity index (χ0v) is 10.4. The van der Waals surface area contributed by atoms with E-state index in [4.69, 9.17) is 10.2 Å². The number of nitrogens with zero attached hydrogens (tertiary/aromatic N) is 1. The number of hydrogen-bond acceptors (Lipinski definition) is 3. The molecule has 0 saturated heterocycles. The van der Waals surface area contributed by atoms with E-state index < -0.39 is 11.9 Å². The second-order valence-corrected chi connectivity index (χ2v) is 4.04. The van der Waals surface area contributed by atoms with Crippen molar-refractivity contribution in [3.8, 4) is 0 Å². The van der Waals surface area contributed by atoms with E-state index in [1.807, 2.05) is 0 Å². The van der Waals surface area contributed by atoms with Gasteiger partial charge in [0, 0.05) is 6.21 Å². The summed E-state index contributed by atoms with van der Waals surface area (Å²) in [6.45, 7) is 0. The molecular weight excluding hydrogens is 258 g/mol. The first-order valence-electron chi connectivity index (χ1n) is 5.77. The van der Waals surface area contributed by atoms with Crippen LogP contribution in [0.25, 0.3) is 0 Å². The second kappa shape index (κ2) is 5.79. The minimum Gasteiger partial charge on any atom is -0.478 e. The van der Waals surface area contributed by atoms with Crippen molar-refractivity contribution >= 4 is 23.8 Å². The van der Waals surface area contributed by atoms with Crippen LogP contribution in [-0.4, -0.2) is 28.4 Å². The largest absolute Gasteiger partial charge is 0.478 e. The summed E-state index contributed by atoms with van der Waals surface area (Å²) >= 11 is 0. The van der Waals surface area contributed by atoms with Crippen molar-refractivity contribution in [3.63, 3.8) is 0 Å². The molecule has 0 bridgehead atoms. The first-order chi connectivity index (χ1) is 9.56. The molecule has 0 aromatic heterocycles. The van der Waals surface area contributed by atoms with Gasteiger partial charge >= 0.3 is 11.9 Å². The minimum atomic E-state index is -1.02. The number of benzene rings is 2. The maximum absolute atomic E-state index is 10.8. The molecule has 5 nitrogen and oxygen atoms in total. The standard InChI is InChI=1S/C15H11NO4/c17-14(18)11-4-1-3-10(7-11)9-16-13-6-2-5-12(8-13)15(19)20/h1-9H,(H,17,18)(H,19,20). The monoisotopic (exact) mass is 269 g/mol. The lowest BCUT2D eigenvalue weighted by atomic mass is 10.1. The van der Waals surface area contributed by atoms with Gasteiger partial charge in [0.1, 0.15) is 0 Å². The fraction of sp³-hybridized carbons (Fsp3) is 0. The van der Waals surface area contributed by atoms with Crippen molar-refractivity contribution in [3.05, 3.63) is 65.2 Å². The molecule has 20 heavy (non-hydrogen) atoms. The Hall–Kier alpha value is -2.95. The zero-order valence-electron chi connectivity index (χ0n) is 10.4. The fourth-order valence-electron chi connectivity index (χ4n) is 1.62. The Balaban J connectivity index is 2.25. The van der Waals surface area contributed by atoms with Gasteiger partial charge < -0.3 is 10.2 Å². The highest BCUT2D eigenvalue weighted by Gasteiger charge is 2.03. The number of carboxylic acids is 2. The van der Waals surface area contributed by atoms with Crippen LogP contribution in [0.4, 0.5) is 5.69 Å². The molecule has 5 heteroatoms. The van der Waals surface area contributed by atoms with Gasteiger partial charge in [-0.05, 0) is 35.9 Å². The van der Waals surface area contributed by atoms with Gasteiger partial charge in [-0.15, -0.1) is 0 Å². The summed E-state index contributed by atoms with van der Waals surface area (Å²) < 4.78 is 0. The van der Waals surface area contributed by atoms with Gasteiger partial charge in [0.25, 0.3) is 0 Å². The molecule has 100 valence electrons. The van der Waals surface area contributed by atoms with E-state index in [1.165, 1.54) is 30.5 Å². The van der Waals surface area contributed by atoms with Crippen molar-refractivity contribution in [2.75, 3.05) is 0 Å². The molecule has 0 atom stereocenters. The summed E-state index contributed by atoms with van der Waals surface area (Å²) in [5.74, 6) is -2.02. The third kappa shape index (κ3) is 3.29. The normalized spacial score (nSPS) is 10.6. The molecule has 0 aliphatic heterocycles. The molecule has 0 saturated carbocycles. The predicted molar refractivity (Wildman–Crippen MR) is 74.1 cm³/mol. The van der Waals surface area contributed by atoms with Gasteiger partial charge in [-0.1, -0.05) is 18.2 Å². The molecule has 2 aromatic carbocycles. The van der Waals surface area contributed by atoms with E-state index in [0.29, 0.717) is 11.3 Å². The Bertz CT molecular complexity index is 632. The molecule has 2 aromatic rings. The minimum absolute atomic E-state index is 0.152. The molecular formula is C15H11NO4. The van der Waals surface area contributed by atoms with Crippen LogP contribution in [0.5, 0.6) is 0 Å². The number of aliphatic imine (C=N–C) groups is 1. The molecule has 0 radical (unpaired) electrons. The van der Waals surface area contributed by atoms with Crippen molar-refractivity contribution in [2.24, 2.45) is 4.99 Å². The summed E-state index contributed by atoms with van der Waals surface area (Å²) in [7, 11) is 0. The molecule has 2 N–H and O–H groups in total. The van der Waals surface area contributed by atoms with E-state index in [0.717, 1.165) is 0 Å². The van der Waals surface area contributed by atoms with E-state index in [-0.39, 0.29) is 11.1 Å². The van der Waals surface area contributed by atoms with Crippen LogP contribution in [0.1, 0.15) is 26.3 Å². The Kier molecular flexibility index (Phi) is 3.91. The third-order valence-electron chi connectivity index (χ3n) is 2.59. The predicted octanol–water partition coefficient (Wildman–Crippen LogP) is 2.83. The van der Waals surface area contributed by atoms with Crippen LogP contribution >= 0.6 is 0 Å². The summed E-state index contributed by atoms with van der Waals surface area (Å²) in [6.07, 6.45) is 1.49. The lowest BCUT2D eigenvalue weighted by molar-refractivity contribution is 0.0686. The summed E-state index contributed by atoms with van der Waals surface area (Å²) in [6, 6.07) is 12.5. The highest BCUT2D eigenvalue weighted by molar-refractivity contribution is 5.92. The molecule has 0 aliphatic rings. The SMILES string of the molecule is O=C(O)c1cccc(C=Nc2cccc(C(=O)O)c2)c1. The van der Waals surface area contributed by atoms with Crippen molar-refractivity contribution in [2.45, 2.75) is 0 Å². The number of hydrogen-bond donors (Lipinski definition) is 2. The molecule has 0 aliphatic carbocycles. The first kappa shape index (κ1) is 13.5. The Morgan fingerprint density at radius 2 is 1.50 bits per heavy atom. The van der Waals surface area contributed by atoms with Crippen LogP contribution < -0.4 is 0 Å². The van der Waals surface area contributed by atoms with Crippen molar-refractivity contribution in [1.29, 1.82) is 0 Å². The maximum Gasteiger partial charge on any atom is 0.335 e. The van der Waals surface area contributed by atoms with Gasteiger partial charge in [-0.2, -0.15) is 0 Å². The van der Waals surface area contributed by atoms with Gasteiger partial charge in [0.05, 0.1) is 16.8 Å². The van der Waals surface area contributed by atoms with Crippen LogP contribution in [-0.2, 0) is 0 Å². The van der Waals surface area contributed by atoms with Crippen LogP contribution in [0.15, 0.2) is 53.5 Å². The van der Waals surface area contributed by atoms with Gasteiger partial charge in [0.15, 0.2) is 0 Å². The lowest BCUT2D eigenvalue weighted by Crippen LogP contribution is -1.96. The van der Waals surface area contributed by atoms with E-state index in [2.05, 4.69) is 4.99 Å². The zero-order chi connectivity index (χ0) is 14.5. The number of rotatable bonds is 4. The highest BCUT2D eigenvalue weighted by atomic mass is 16.4. The Labute approximate surface area is 114 Å². The number of aromatic carboxylic acids is 2. The molecule has 2 rings (SSSR count). The smallest absolute Gasteiger partial charge is 0.335 e. The third-order valence-corrected chi connectivity index (χ3v) is 2.59. The molecule has 0 unspecified atom stereocenters. The van der Waals surface area contributed by atoms with Crippen molar-refractivity contribution in [1.82, 2.24) is 0 Å².